The molecule has 1 saturated carbocycles. The van der Waals surface area contributed by atoms with E-state index in [0.29, 0.717) is 11.3 Å². The summed E-state index contributed by atoms with van der Waals surface area (Å²) in [6, 6.07) is 9.45. The van der Waals surface area contributed by atoms with Crippen LogP contribution in [0.1, 0.15) is 25.0 Å². The van der Waals surface area contributed by atoms with Gasteiger partial charge < -0.3 is 4.98 Å². The van der Waals surface area contributed by atoms with E-state index in [1.54, 1.807) is 18.2 Å². The van der Waals surface area contributed by atoms with Crippen LogP contribution in [0.15, 0.2) is 35.2 Å². The van der Waals surface area contributed by atoms with Crippen LogP contribution in [-0.4, -0.2) is 19.4 Å². The number of halogens is 1. The lowest BCUT2D eigenvalue weighted by molar-refractivity contribution is 0.383. The Morgan fingerprint density at radius 1 is 1.30 bits per heavy atom. The lowest BCUT2D eigenvalue weighted by Gasteiger charge is -2.26. The zero-order valence-corrected chi connectivity index (χ0v) is 13.2. The molecule has 1 aromatic heterocycles. The molecule has 1 aromatic carbocycles. The Hall–Kier alpha value is -2.17. The maximum absolute atomic E-state index is 14.3. The fourth-order valence-electron chi connectivity index (χ4n) is 2.49. The first-order chi connectivity index (χ1) is 11.0. The molecule has 0 atom stereocenters. The molecule has 0 unspecified atom stereocenters. The topological polar surface area (TPSA) is 85.8 Å². The van der Waals surface area contributed by atoms with Crippen molar-refractivity contribution in [2.45, 2.75) is 36.6 Å². The van der Waals surface area contributed by atoms with Gasteiger partial charge in [-0.05, 0) is 37.1 Å². The van der Waals surface area contributed by atoms with E-state index in [0.717, 1.165) is 25.0 Å². The normalized spacial score (nSPS) is 15.1. The molecule has 5 nitrogen and oxygen atoms in total. The highest BCUT2D eigenvalue weighted by molar-refractivity contribution is 7.89. The van der Waals surface area contributed by atoms with Gasteiger partial charge in [-0.3, -0.25) is 0 Å². The molecule has 3 rings (SSSR count). The summed E-state index contributed by atoms with van der Waals surface area (Å²) in [7, 11) is -3.83. The van der Waals surface area contributed by atoms with E-state index in [1.807, 2.05) is 6.07 Å². The maximum atomic E-state index is 14.3. The molecule has 7 heteroatoms. The minimum absolute atomic E-state index is 0.0870. The van der Waals surface area contributed by atoms with Crippen molar-refractivity contribution in [3.05, 3.63) is 41.8 Å². The summed E-state index contributed by atoms with van der Waals surface area (Å²) in [5.74, 6) is -0.786. The predicted molar refractivity (Wildman–Crippen MR) is 83.5 cm³/mol. The third-order valence-corrected chi connectivity index (χ3v) is 5.53. The van der Waals surface area contributed by atoms with Crippen LogP contribution in [0.5, 0.6) is 0 Å². The van der Waals surface area contributed by atoms with Gasteiger partial charge in [0.05, 0.1) is 12.5 Å². The van der Waals surface area contributed by atoms with Gasteiger partial charge in [0.25, 0.3) is 0 Å². The Morgan fingerprint density at radius 3 is 2.70 bits per heavy atom. The molecule has 1 aliphatic rings. The molecule has 1 aliphatic carbocycles. The number of aromatic nitrogens is 1. The lowest BCUT2D eigenvalue weighted by Crippen LogP contribution is -2.39. The van der Waals surface area contributed by atoms with Gasteiger partial charge in [-0.1, -0.05) is 12.5 Å². The molecular weight excluding hydrogens is 317 g/mol. The van der Waals surface area contributed by atoms with E-state index in [-0.39, 0.29) is 17.4 Å². The molecule has 0 radical (unpaired) electrons. The number of hydrogen-bond donors (Lipinski definition) is 2. The summed E-state index contributed by atoms with van der Waals surface area (Å²) >= 11 is 0. The van der Waals surface area contributed by atoms with Gasteiger partial charge in [-0.2, -0.15) is 5.26 Å². The highest BCUT2D eigenvalue weighted by Gasteiger charge is 2.26. The third-order valence-electron chi connectivity index (χ3n) is 3.98. The molecule has 0 aliphatic heterocycles. The first-order valence-electron chi connectivity index (χ1n) is 7.37. The number of sulfonamides is 1. The molecule has 0 saturated heterocycles. The van der Waals surface area contributed by atoms with Crippen LogP contribution in [0, 0.1) is 17.1 Å². The Kier molecular flexibility index (Phi) is 4.20. The average Bonchev–Trinajstić information content (AvgIpc) is 2.92. The molecule has 0 amide bonds. The van der Waals surface area contributed by atoms with Crippen molar-refractivity contribution in [3.63, 3.8) is 0 Å². The third kappa shape index (κ3) is 3.28. The Morgan fingerprint density at radius 2 is 2.09 bits per heavy atom. The van der Waals surface area contributed by atoms with E-state index in [2.05, 4.69) is 9.71 Å². The van der Waals surface area contributed by atoms with E-state index in [4.69, 9.17) is 5.26 Å². The fraction of sp³-hybridized carbons (Fsp3) is 0.312. The van der Waals surface area contributed by atoms with E-state index in [9.17, 15) is 12.8 Å². The van der Waals surface area contributed by atoms with Crippen LogP contribution in [0.3, 0.4) is 0 Å². The number of hydrogen-bond acceptors (Lipinski definition) is 3. The monoisotopic (exact) mass is 333 g/mol. The van der Waals surface area contributed by atoms with Crippen LogP contribution in [0.2, 0.25) is 0 Å². The molecule has 120 valence electrons. The number of rotatable bonds is 5. The highest BCUT2D eigenvalue weighted by atomic mass is 32.2. The predicted octanol–water partition coefficient (Wildman–Crippen LogP) is 2.72. The number of benzene rings is 1. The molecule has 2 aromatic rings. The summed E-state index contributed by atoms with van der Waals surface area (Å²) in [5, 5.41) is 8.66. The van der Waals surface area contributed by atoms with Gasteiger partial charge in [0, 0.05) is 23.0 Å². The summed E-state index contributed by atoms with van der Waals surface area (Å²) in [5.41, 5.74) is 1.91. The van der Waals surface area contributed by atoms with E-state index < -0.39 is 15.8 Å². The van der Waals surface area contributed by atoms with Crippen LogP contribution >= 0.6 is 0 Å². The van der Waals surface area contributed by atoms with Crippen molar-refractivity contribution in [2.24, 2.45) is 0 Å². The van der Waals surface area contributed by atoms with Crippen LogP contribution in [-0.2, 0) is 16.4 Å². The molecule has 1 heterocycles. The second kappa shape index (κ2) is 6.14. The molecule has 2 N–H and O–H groups in total. The molecular formula is C16H16FN3O2S. The number of nitrogens with one attached hydrogen (secondary N) is 2. The quantitative estimate of drug-likeness (QED) is 0.882. The standard InChI is InChI=1S/C16H16FN3O2S/c17-14-10-11(15-6-5-12(19-15)8-9-18)4-7-16(14)23(21,22)20-13-2-1-3-13/h4-7,10,13,19-20H,1-3,8H2. The van der Waals surface area contributed by atoms with Gasteiger partial charge in [0.15, 0.2) is 0 Å². The van der Waals surface area contributed by atoms with Crippen LogP contribution in [0.4, 0.5) is 4.39 Å². The van der Waals surface area contributed by atoms with Crippen molar-refractivity contribution in [1.82, 2.24) is 9.71 Å². The number of nitrogens with zero attached hydrogens (tertiary/aromatic N) is 1. The van der Waals surface area contributed by atoms with Gasteiger partial charge in [-0.15, -0.1) is 0 Å². The van der Waals surface area contributed by atoms with Crippen molar-refractivity contribution in [2.75, 3.05) is 0 Å². The average molecular weight is 333 g/mol. The van der Waals surface area contributed by atoms with Crippen molar-refractivity contribution in [3.8, 4) is 17.3 Å². The second-order valence-electron chi connectivity index (χ2n) is 5.63. The summed E-state index contributed by atoms with van der Waals surface area (Å²) in [6.45, 7) is 0. The maximum Gasteiger partial charge on any atom is 0.243 e. The minimum Gasteiger partial charge on any atom is -0.358 e. The van der Waals surface area contributed by atoms with Gasteiger partial charge in [0.2, 0.25) is 10.0 Å². The molecule has 0 spiro atoms. The first-order valence-corrected chi connectivity index (χ1v) is 8.85. The van der Waals surface area contributed by atoms with E-state index in [1.165, 1.54) is 12.1 Å². The van der Waals surface area contributed by atoms with Gasteiger partial charge >= 0.3 is 0 Å². The SMILES string of the molecule is N#CCc1ccc(-c2ccc(S(=O)(=O)NC3CCC3)c(F)c2)[nH]1. The Balaban J connectivity index is 1.86. The molecule has 0 bridgehead atoms. The minimum atomic E-state index is -3.83. The number of aromatic amines is 1. The van der Waals surface area contributed by atoms with Crippen molar-refractivity contribution >= 4 is 10.0 Å². The second-order valence-corrected chi connectivity index (χ2v) is 7.31. The highest BCUT2D eigenvalue weighted by Crippen LogP contribution is 2.26. The van der Waals surface area contributed by atoms with Gasteiger partial charge in [0.1, 0.15) is 10.7 Å². The largest absolute Gasteiger partial charge is 0.358 e. The van der Waals surface area contributed by atoms with E-state index >= 15 is 0 Å². The van der Waals surface area contributed by atoms with Gasteiger partial charge in [-0.25, -0.2) is 17.5 Å². The number of H-pyrrole nitrogens is 1. The zero-order valence-electron chi connectivity index (χ0n) is 12.3. The van der Waals surface area contributed by atoms with Crippen LogP contribution < -0.4 is 4.72 Å². The summed E-state index contributed by atoms with van der Waals surface area (Å²) in [4.78, 5) is 2.68. The molecule has 23 heavy (non-hydrogen) atoms. The smallest absolute Gasteiger partial charge is 0.243 e. The molecule has 1 fully saturated rings. The summed E-state index contributed by atoms with van der Waals surface area (Å²) < 4.78 is 41.2. The fourth-order valence-corrected chi connectivity index (χ4v) is 3.86. The Labute approximate surface area is 134 Å². The lowest BCUT2D eigenvalue weighted by atomic mass is 9.94. The van der Waals surface area contributed by atoms with Crippen molar-refractivity contribution < 1.29 is 12.8 Å². The summed E-state index contributed by atoms with van der Waals surface area (Å²) in [6.07, 6.45) is 2.82. The first kappa shape index (κ1) is 15.7. The van der Waals surface area contributed by atoms with Crippen molar-refractivity contribution in [1.29, 1.82) is 5.26 Å². The number of nitriles is 1. The zero-order chi connectivity index (χ0) is 16.4. The Bertz CT molecular complexity index is 864. The van der Waals surface area contributed by atoms with Crippen LogP contribution in [0.25, 0.3) is 11.3 Å².